The molecule has 0 aliphatic heterocycles. The first kappa shape index (κ1) is 15.9. The topological polar surface area (TPSA) is 34.1 Å². The van der Waals surface area contributed by atoms with Gasteiger partial charge in [0.05, 0.1) is 17.8 Å². The number of hydrogen-bond donors (Lipinski definition) is 1. The van der Waals surface area contributed by atoms with Crippen LogP contribution in [0.3, 0.4) is 0 Å². The van der Waals surface area contributed by atoms with Crippen molar-refractivity contribution in [2.24, 2.45) is 5.92 Å². The van der Waals surface area contributed by atoms with Gasteiger partial charge < -0.3 is 10.1 Å². The van der Waals surface area contributed by atoms with E-state index in [2.05, 4.69) is 38.4 Å². The summed E-state index contributed by atoms with van der Waals surface area (Å²) in [7, 11) is 1.76. The fraction of sp³-hybridized carbons (Fsp3) is 0.812. The summed E-state index contributed by atoms with van der Waals surface area (Å²) < 4.78 is 5.20. The van der Waals surface area contributed by atoms with Crippen molar-refractivity contribution < 1.29 is 4.74 Å². The van der Waals surface area contributed by atoms with Crippen molar-refractivity contribution >= 4 is 11.3 Å². The van der Waals surface area contributed by atoms with Gasteiger partial charge in [-0.25, -0.2) is 4.98 Å². The van der Waals surface area contributed by atoms with Gasteiger partial charge in [-0.1, -0.05) is 34.1 Å². The van der Waals surface area contributed by atoms with Crippen LogP contribution in [0.1, 0.15) is 57.7 Å². The van der Waals surface area contributed by atoms with Crippen LogP contribution in [-0.4, -0.2) is 25.2 Å². The van der Waals surface area contributed by atoms with E-state index in [1.54, 1.807) is 7.11 Å². The Balaban J connectivity index is 2.25. The number of aromatic nitrogens is 1. The molecule has 1 aliphatic carbocycles. The van der Waals surface area contributed by atoms with Crippen LogP contribution in [0, 0.1) is 5.92 Å². The summed E-state index contributed by atoms with van der Waals surface area (Å²) in [4.78, 5) is 4.98. The molecule has 2 rings (SSSR count). The number of ether oxygens (including phenoxy) is 1. The summed E-state index contributed by atoms with van der Waals surface area (Å²) >= 11 is 1.82. The lowest BCUT2D eigenvalue weighted by Crippen LogP contribution is -2.46. The third-order valence-corrected chi connectivity index (χ3v) is 5.47. The molecule has 0 aromatic carbocycles. The van der Waals surface area contributed by atoms with Gasteiger partial charge >= 0.3 is 0 Å². The van der Waals surface area contributed by atoms with Crippen molar-refractivity contribution in [2.75, 3.05) is 20.3 Å². The number of thiazole rings is 1. The second-order valence-electron chi connectivity index (χ2n) is 6.97. The van der Waals surface area contributed by atoms with E-state index in [1.165, 1.54) is 30.0 Å². The zero-order valence-corrected chi connectivity index (χ0v) is 14.3. The highest BCUT2D eigenvalue weighted by Crippen LogP contribution is 2.45. The van der Waals surface area contributed by atoms with E-state index in [-0.39, 0.29) is 11.0 Å². The van der Waals surface area contributed by atoms with Crippen molar-refractivity contribution in [3.05, 3.63) is 16.1 Å². The van der Waals surface area contributed by atoms with Gasteiger partial charge in [-0.3, -0.25) is 0 Å². The molecule has 0 spiro atoms. The Morgan fingerprint density at radius 1 is 1.50 bits per heavy atom. The van der Waals surface area contributed by atoms with Crippen LogP contribution in [0.2, 0.25) is 0 Å². The molecule has 1 fully saturated rings. The number of rotatable bonds is 5. The zero-order chi connectivity index (χ0) is 14.8. The third kappa shape index (κ3) is 3.07. The fourth-order valence-electron chi connectivity index (χ4n) is 3.04. The van der Waals surface area contributed by atoms with E-state index in [0.717, 1.165) is 13.2 Å². The second-order valence-corrected chi connectivity index (χ2v) is 7.83. The quantitative estimate of drug-likeness (QED) is 0.841. The Kier molecular flexibility index (Phi) is 4.88. The predicted molar refractivity (Wildman–Crippen MR) is 85.4 cm³/mol. The van der Waals surface area contributed by atoms with E-state index in [0.29, 0.717) is 5.92 Å². The lowest BCUT2D eigenvalue weighted by molar-refractivity contribution is 0.172. The molecule has 1 aromatic heterocycles. The number of nitrogens with zero attached hydrogens (tertiary/aromatic N) is 1. The number of methoxy groups -OCH3 is 1. The average molecular weight is 296 g/mol. The molecule has 1 aromatic rings. The normalized spacial score (nSPS) is 27.1. The van der Waals surface area contributed by atoms with Crippen LogP contribution >= 0.6 is 11.3 Å². The van der Waals surface area contributed by atoms with Crippen LogP contribution < -0.4 is 5.32 Å². The standard InChI is InChI=1S/C16H28N2OS/c1-12-7-6-8-16(12,17-9-10-19-5)14-18-13(11-20-14)15(2,3)4/h11-12,17H,6-10H2,1-5H3. The maximum Gasteiger partial charge on any atom is 0.113 e. The maximum absolute atomic E-state index is 5.20. The van der Waals surface area contributed by atoms with Crippen LogP contribution in [0.4, 0.5) is 0 Å². The second kappa shape index (κ2) is 6.12. The van der Waals surface area contributed by atoms with Crippen LogP contribution in [0.15, 0.2) is 5.38 Å². The average Bonchev–Trinajstić information content (AvgIpc) is 2.97. The molecule has 2 atom stereocenters. The highest BCUT2D eigenvalue weighted by molar-refractivity contribution is 7.09. The smallest absolute Gasteiger partial charge is 0.113 e. The molecule has 114 valence electrons. The monoisotopic (exact) mass is 296 g/mol. The van der Waals surface area contributed by atoms with Crippen molar-refractivity contribution in [3.8, 4) is 0 Å². The third-order valence-electron chi connectivity index (χ3n) is 4.45. The minimum atomic E-state index is 0.0622. The Labute approximate surface area is 127 Å². The summed E-state index contributed by atoms with van der Waals surface area (Å²) in [5.41, 5.74) is 1.40. The van der Waals surface area contributed by atoms with Gasteiger partial charge in [-0.15, -0.1) is 11.3 Å². The predicted octanol–water partition coefficient (Wildman–Crippen LogP) is 3.69. The maximum atomic E-state index is 5.20. The van der Waals surface area contributed by atoms with Crippen molar-refractivity contribution in [1.29, 1.82) is 0 Å². The molecule has 1 aliphatic rings. The van der Waals surface area contributed by atoms with Crippen LogP contribution in [0.25, 0.3) is 0 Å². The van der Waals surface area contributed by atoms with Gasteiger partial charge in [-0.05, 0) is 18.8 Å². The van der Waals surface area contributed by atoms with Gasteiger partial charge in [0.25, 0.3) is 0 Å². The Morgan fingerprint density at radius 3 is 2.75 bits per heavy atom. The first-order valence-corrected chi connectivity index (χ1v) is 8.48. The van der Waals surface area contributed by atoms with Gasteiger partial charge in [0.1, 0.15) is 5.01 Å². The van der Waals surface area contributed by atoms with Crippen molar-refractivity contribution in [2.45, 2.75) is 57.9 Å². The molecule has 0 bridgehead atoms. The minimum absolute atomic E-state index is 0.0622. The summed E-state index contributed by atoms with van der Waals surface area (Å²) in [5, 5.41) is 7.25. The van der Waals surface area contributed by atoms with E-state index >= 15 is 0 Å². The van der Waals surface area contributed by atoms with E-state index in [9.17, 15) is 0 Å². The molecule has 1 N–H and O–H groups in total. The minimum Gasteiger partial charge on any atom is -0.383 e. The molecular weight excluding hydrogens is 268 g/mol. The fourth-order valence-corrected chi connectivity index (χ4v) is 4.40. The Bertz CT molecular complexity index is 438. The molecular formula is C16H28N2OS. The first-order chi connectivity index (χ1) is 9.40. The van der Waals surface area contributed by atoms with Gasteiger partial charge in [0.2, 0.25) is 0 Å². The molecule has 0 saturated heterocycles. The van der Waals surface area contributed by atoms with Crippen molar-refractivity contribution in [1.82, 2.24) is 10.3 Å². The molecule has 1 heterocycles. The highest BCUT2D eigenvalue weighted by Gasteiger charge is 2.43. The molecule has 4 heteroatoms. The van der Waals surface area contributed by atoms with E-state index in [4.69, 9.17) is 9.72 Å². The lowest BCUT2D eigenvalue weighted by Gasteiger charge is -2.33. The van der Waals surface area contributed by atoms with Gasteiger partial charge in [0, 0.05) is 24.4 Å². The van der Waals surface area contributed by atoms with Crippen LogP contribution in [-0.2, 0) is 15.7 Å². The van der Waals surface area contributed by atoms with Gasteiger partial charge in [-0.2, -0.15) is 0 Å². The summed E-state index contributed by atoms with van der Waals surface area (Å²) in [5.74, 6) is 0.637. The summed E-state index contributed by atoms with van der Waals surface area (Å²) in [6.45, 7) is 10.7. The molecule has 0 amide bonds. The first-order valence-electron chi connectivity index (χ1n) is 7.60. The number of hydrogen-bond acceptors (Lipinski definition) is 4. The van der Waals surface area contributed by atoms with E-state index < -0.39 is 0 Å². The molecule has 2 unspecified atom stereocenters. The highest BCUT2D eigenvalue weighted by atomic mass is 32.1. The van der Waals surface area contributed by atoms with E-state index in [1.807, 2.05) is 11.3 Å². The molecule has 1 saturated carbocycles. The lowest BCUT2D eigenvalue weighted by atomic mass is 9.88. The molecule has 0 radical (unpaired) electrons. The molecule has 20 heavy (non-hydrogen) atoms. The number of nitrogens with one attached hydrogen (secondary N) is 1. The summed E-state index contributed by atoms with van der Waals surface area (Å²) in [6.07, 6.45) is 3.75. The Morgan fingerprint density at radius 2 is 2.25 bits per heavy atom. The largest absolute Gasteiger partial charge is 0.383 e. The van der Waals surface area contributed by atoms with Gasteiger partial charge in [0.15, 0.2) is 0 Å². The Hall–Kier alpha value is -0.450. The SMILES string of the molecule is COCCNC1(c2nc(C(C)(C)C)cs2)CCCC1C. The molecule has 3 nitrogen and oxygen atoms in total. The van der Waals surface area contributed by atoms with Crippen molar-refractivity contribution in [3.63, 3.8) is 0 Å². The summed E-state index contributed by atoms with van der Waals surface area (Å²) in [6, 6.07) is 0. The zero-order valence-electron chi connectivity index (χ0n) is 13.5. The van der Waals surface area contributed by atoms with Crippen LogP contribution in [0.5, 0.6) is 0 Å².